The Morgan fingerprint density at radius 1 is 1.55 bits per heavy atom. The average Bonchev–Trinajstić information content (AvgIpc) is 2.17. The van der Waals surface area contributed by atoms with E-state index in [0.29, 0.717) is 0 Å². The van der Waals surface area contributed by atoms with Gasteiger partial charge in [0, 0.05) is 0 Å². The van der Waals surface area contributed by atoms with Crippen LogP contribution in [-0.2, 0) is 0 Å². The molecule has 1 saturated carbocycles. The molecule has 1 aliphatic carbocycles. The maximum Gasteiger partial charge on any atom is 0.161 e. The SMILES string of the molecule is B[C@@H]1C[C@](F)(CO)[C@@H](O)[C@H]1O. The van der Waals surface area contributed by atoms with Gasteiger partial charge in [0.25, 0.3) is 0 Å². The molecule has 0 aliphatic heterocycles. The third-order valence-electron chi connectivity index (χ3n) is 2.36. The Labute approximate surface area is 65.3 Å². The number of alkyl halides is 1. The van der Waals surface area contributed by atoms with Crippen molar-refractivity contribution in [2.75, 3.05) is 6.61 Å². The molecule has 0 saturated heterocycles. The van der Waals surface area contributed by atoms with Crippen molar-refractivity contribution >= 4 is 7.85 Å². The quantitative estimate of drug-likeness (QED) is 0.400. The van der Waals surface area contributed by atoms with E-state index >= 15 is 0 Å². The second-order valence-corrected chi connectivity index (χ2v) is 3.31. The molecule has 5 heteroatoms. The Morgan fingerprint density at radius 2 is 2.09 bits per heavy atom. The van der Waals surface area contributed by atoms with E-state index in [9.17, 15) is 4.39 Å². The second-order valence-electron chi connectivity index (χ2n) is 3.31. The van der Waals surface area contributed by atoms with Gasteiger partial charge in [-0.2, -0.15) is 0 Å². The Morgan fingerprint density at radius 3 is 2.27 bits per heavy atom. The molecule has 4 atom stereocenters. The molecule has 1 rings (SSSR count). The lowest BCUT2D eigenvalue weighted by Crippen LogP contribution is -2.41. The van der Waals surface area contributed by atoms with Gasteiger partial charge in [0.1, 0.15) is 14.0 Å². The molecule has 64 valence electrons. The van der Waals surface area contributed by atoms with Gasteiger partial charge in [-0.05, 0) is 12.2 Å². The summed E-state index contributed by atoms with van der Waals surface area (Å²) in [7, 11) is 1.64. The minimum atomic E-state index is -2.00. The highest BCUT2D eigenvalue weighted by Crippen LogP contribution is 2.39. The lowest BCUT2D eigenvalue weighted by atomic mass is 9.83. The van der Waals surface area contributed by atoms with Gasteiger partial charge in [0.15, 0.2) is 5.67 Å². The van der Waals surface area contributed by atoms with Crippen molar-refractivity contribution in [2.24, 2.45) is 0 Å². The molecule has 0 amide bonds. The summed E-state index contributed by atoms with van der Waals surface area (Å²) in [5, 5.41) is 26.8. The van der Waals surface area contributed by atoms with Gasteiger partial charge in [0.05, 0.1) is 12.7 Å². The summed E-state index contributed by atoms with van der Waals surface area (Å²) < 4.78 is 13.3. The molecule has 3 nitrogen and oxygen atoms in total. The molecule has 0 heterocycles. The fourth-order valence-corrected chi connectivity index (χ4v) is 1.55. The Hall–Kier alpha value is -0.125. The van der Waals surface area contributed by atoms with Crippen LogP contribution in [0.5, 0.6) is 0 Å². The van der Waals surface area contributed by atoms with E-state index in [1.807, 2.05) is 0 Å². The number of aliphatic hydroxyl groups is 3. The van der Waals surface area contributed by atoms with Crippen LogP contribution in [0.15, 0.2) is 0 Å². The summed E-state index contributed by atoms with van der Waals surface area (Å²) in [6.07, 6.45) is -2.47. The Balaban J connectivity index is 2.73. The summed E-state index contributed by atoms with van der Waals surface area (Å²) >= 11 is 0. The molecule has 0 aromatic rings. The molecule has 0 radical (unpaired) electrons. The van der Waals surface area contributed by atoms with Crippen LogP contribution in [0, 0.1) is 0 Å². The minimum Gasteiger partial charge on any atom is -0.393 e. The number of hydrogen-bond acceptors (Lipinski definition) is 3. The van der Waals surface area contributed by atoms with Crippen LogP contribution in [0.1, 0.15) is 6.42 Å². The first kappa shape index (κ1) is 8.97. The highest BCUT2D eigenvalue weighted by molar-refractivity contribution is 6.12. The van der Waals surface area contributed by atoms with Gasteiger partial charge in [-0.3, -0.25) is 0 Å². The summed E-state index contributed by atoms with van der Waals surface area (Å²) in [5.41, 5.74) is -2.00. The second kappa shape index (κ2) is 2.73. The highest BCUT2D eigenvalue weighted by atomic mass is 19.1. The van der Waals surface area contributed by atoms with Gasteiger partial charge in [-0.25, -0.2) is 4.39 Å². The molecule has 3 N–H and O–H groups in total. The fourth-order valence-electron chi connectivity index (χ4n) is 1.55. The van der Waals surface area contributed by atoms with E-state index in [4.69, 9.17) is 15.3 Å². The largest absolute Gasteiger partial charge is 0.393 e. The van der Waals surface area contributed by atoms with E-state index in [-0.39, 0.29) is 12.2 Å². The Kier molecular flexibility index (Phi) is 2.23. The normalized spacial score (nSPS) is 51.5. The van der Waals surface area contributed by atoms with Crippen molar-refractivity contribution < 1.29 is 19.7 Å². The highest BCUT2D eigenvalue weighted by Gasteiger charge is 2.51. The van der Waals surface area contributed by atoms with Crippen LogP contribution >= 0.6 is 0 Å². The zero-order valence-electron chi connectivity index (χ0n) is 6.37. The molecule has 0 aromatic carbocycles. The number of aliphatic hydroxyl groups excluding tert-OH is 3. The lowest BCUT2D eigenvalue weighted by Gasteiger charge is -2.21. The van der Waals surface area contributed by atoms with Crippen molar-refractivity contribution in [1.82, 2.24) is 0 Å². The Bertz CT molecular complexity index is 157. The standard InChI is InChI=1S/C6H12BFO3/c7-3-1-6(8,2-9)5(11)4(3)10/h3-5,9-11H,1-2,7H2/t3-,4+,5+,6+/m1/s1. The lowest BCUT2D eigenvalue weighted by molar-refractivity contribution is -0.0627. The smallest absolute Gasteiger partial charge is 0.161 e. The summed E-state index contributed by atoms with van der Waals surface area (Å²) in [4.78, 5) is 0. The molecule has 1 fully saturated rings. The molecule has 0 bridgehead atoms. The third-order valence-corrected chi connectivity index (χ3v) is 2.36. The molecule has 0 spiro atoms. The predicted octanol–water partition coefficient (Wildman–Crippen LogP) is -1.77. The molecular formula is C6H12BFO3. The molecule has 11 heavy (non-hydrogen) atoms. The summed E-state index contributed by atoms with van der Waals surface area (Å²) in [6, 6.07) is 0. The van der Waals surface area contributed by atoms with Gasteiger partial charge in [-0.15, -0.1) is 0 Å². The van der Waals surface area contributed by atoms with E-state index in [1.165, 1.54) is 0 Å². The number of hydrogen-bond donors (Lipinski definition) is 3. The average molecular weight is 162 g/mol. The maximum atomic E-state index is 13.3. The van der Waals surface area contributed by atoms with E-state index in [0.717, 1.165) is 0 Å². The van der Waals surface area contributed by atoms with Crippen molar-refractivity contribution in [2.45, 2.75) is 30.1 Å². The summed E-state index contributed by atoms with van der Waals surface area (Å²) in [5.74, 6) is -0.290. The minimum absolute atomic E-state index is 0.0197. The van der Waals surface area contributed by atoms with Gasteiger partial charge >= 0.3 is 0 Å². The molecular weight excluding hydrogens is 150 g/mol. The van der Waals surface area contributed by atoms with Crippen LogP contribution in [0.3, 0.4) is 0 Å². The molecule has 0 aromatic heterocycles. The number of rotatable bonds is 1. The van der Waals surface area contributed by atoms with E-state index in [1.54, 1.807) is 7.85 Å². The van der Waals surface area contributed by atoms with Gasteiger partial charge in [-0.1, -0.05) is 0 Å². The van der Waals surface area contributed by atoms with Crippen molar-refractivity contribution in [3.63, 3.8) is 0 Å². The monoisotopic (exact) mass is 162 g/mol. The summed E-state index contributed by atoms with van der Waals surface area (Å²) in [6.45, 7) is -0.727. The van der Waals surface area contributed by atoms with Crippen molar-refractivity contribution in [1.29, 1.82) is 0 Å². The predicted molar refractivity (Wildman–Crippen MR) is 39.8 cm³/mol. The first-order chi connectivity index (χ1) is 5.01. The molecule has 0 unspecified atom stereocenters. The van der Waals surface area contributed by atoms with Crippen LogP contribution in [0.4, 0.5) is 4.39 Å². The molecule has 1 aliphatic rings. The van der Waals surface area contributed by atoms with Gasteiger partial charge in [0.2, 0.25) is 0 Å². The first-order valence-corrected chi connectivity index (χ1v) is 3.67. The topological polar surface area (TPSA) is 60.7 Å². The number of halogens is 1. The van der Waals surface area contributed by atoms with E-state index in [2.05, 4.69) is 0 Å². The van der Waals surface area contributed by atoms with Crippen LogP contribution in [0.25, 0.3) is 0 Å². The third kappa shape index (κ3) is 1.28. The van der Waals surface area contributed by atoms with Crippen LogP contribution < -0.4 is 0 Å². The fraction of sp³-hybridized carbons (Fsp3) is 1.00. The van der Waals surface area contributed by atoms with Crippen molar-refractivity contribution in [3.05, 3.63) is 0 Å². The van der Waals surface area contributed by atoms with Gasteiger partial charge < -0.3 is 15.3 Å². The first-order valence-electron chi connectivity index (χ1n) is 3.67. The van der Waals surface area contributed by atoms with Crippen LogP contribution in [0.2, 0.25) is 5.82 Å². The zero-order chi connectivity index (χ0) is 8.65. The zero-order valence-corrected chi connectivity index (χ0v) is 6.37. The van der Waals surface area contributed by atoms with Crippen LogP contribution in [-0.4, -0.2) is 47.6 Å². The van der Waals surface area contributed by atoms with Crippen molar-refractivity contribution in [3.8, 4) is 0 Å². The maximum absolute atomic E-state index is 13.3. The van der Waals surface area contributed by atoms with E-state index < -0.39 is 24.5 Å².